The van der Waals surface area contributed by atoms with Crippen molar-refractivity contribution in [2.24, 2.45) is 0 Å². The van der Waals surface area contributed by atoms with Crippen LogP contribution in [0.15, 0.2) is 47.4 Å². The first-order valence-corrected chi connectivity index (χ1v) is 11.2. The van der Waals surface area contributed by atoms with Gasteiger partial charge in [-0.2, -0.15) is 9.97 Å². The summed E-state index contributed by atoms with van der Waals surface area (Å²) in [6.45, 7) is 4.55. The van der Waals surface area contributed by atoms with E-state index in [0.717, 1.165) is 28.9 Å². The topological polar surface area (TPSA) is 163 Å². The highest BCUT2D eigenvalue weighted by atomic mass is 16.3. The molecule has 0 saturated heterocycles. The number of nitrogens with one attached hydrogen (secondary N) is 1. The molecule has 0 saturated carbocycles. The number of phenolic OH excluding ortho intramolecular Hbond substituents is 2. The number of rotatable bonds is 5. The molecule has 5 rings (SSSR count). The molecule has 1 atom stereocenters. The lowest BCUT2D eigenvalue weighted by atomic mass is 9.91. The predicted octanol–water partition coefficient (Wildman–Crippen LogP) is 1.82. The molecule has 0 amide bonds. The van der Waals surface area contributed by atoms with Gasteiger partial charge in [0.1, 0.15) is 23.0 Å². The van der Waals surface area contributed by atoms with Crippen LogP contribution in [0.1, 0.15) is 24.0 Å². The Labute approximate surface area is 200 Å². The van der Waals surface area contributed by atoms with Crippen molar-refractivity contribution in [2.75, 3.05) is 30.7 Å². The van der Waals surface area contributed by atoms with Gasteiger partial charge in [0.25, 0.3) is 0 Å². The number of nitrogens with two attached hydrogens (primary N) is 1. The van der Waals surface area contributed by atoms with Gasteiger partial charge in [-0.15, -0.1) is 0 Å². The molecule has 11 nitrogen and oxygen atoms in total. The summed E-state index contributed by atoms with van der Waals surface area (Å²) in [5, 5.41) is 33.1. The van der Waals surface area contributed by atoms with Crippen LogP contribution in [-0.2, 0) is 6.54 Å². The second kappa shape index (κ2) is 8.85. The van der Waals surface area contributed by atoms with Crippen LogP contribution in [0.25, 0.3) is 16.7 Å². The number of fused-ring (bicyclic) bond motifs is 2. The van der Waals surface area contributed by atoms with E-state index in [1.54, 1.807) is 0 Å². The number of β-amino-alcohol motifs (C(OH)–C–C–N with tert-alkyl or cyclic N) is 1. The Balaban J connectivity index is 1.49. The number of aliphatic hydroxyl groups excluding tert-OH is 1. The lowest BCUT2D eigenvalue weighted by molar-refractivity contribution is 0.175. The fourth-order valence-electron chi connectivity index (χ4n) is 4.56. The molecule has 0 aliphatic carbocycles. The number of aromatic hydroxyl groups is 2. The minimum Gasteiger partial charge on any atom is -0.506 e. The van der Waals surface area contributed by atoms with Gasteiger partial charge in [-0.05, 0) is 41.3 Å². The van der Waals surface area contributed by atoms with Crippen molar-refractivity contribution in [1.29, 1.82) is 0 Å². The van der Waals surface area contributed by atoms with Crippen LogP contribution < -0.4 is 16.7 Å². The Morgan fingerprint density at radius 3 is 2.69 bits per heavy atom. The van der Waals surface area contributed by atoms with Crippen molar-refractivity contribution < 1.29 is 15.3 Å². The maximum Gasteiger partial charge on any atom is 0.356 e. The Bertz CT molecular complexity index is 1470. The van der Waals surface area contributed by atoms with E-state index >= 15 is 0 Å². The minimum atomic E-state index is -0.803. The number of aliphatic hydroxyl groups is 1. The molecule has 1 unspecified atom stereocenters. The molecule has 0 fully saturated rings. The Kier molecular flexibility index (Phi) is 5.71. The van der Waals surface area contributed by atoms with Crippen molar-refractivity contribution in [3.05, 3.63) is 64.2 Å². The predicted molar refractivity (Wildman–Crippen MR) is 131 cm³/mol. The summed E-state index contributed by atoms with van der Waals surface area (Å²) in [6.07, 6.45) is 1.43. The van der Waals surface area contributed by atoms with Crippen molar-refractivity contribution in [3.8, 4) is 17.2 Å². The van der Waals surface area contributed by atoms with Gasteiger partial charge >= 0.3 is 5.69 Å². The monoisotopic (exact) mass is 475 g/mol. The molecule has 0 bridgehead atoms. The molecule has 35 heavy (non-hydrogen) atoms. The summed E-state index contributed by atoms with van der Waals surface area (Å²) < 4.78 is 0.923. The van der Waals surface area contributed by atoms with Crippen molar-refractivity contribution in [1.82, 2.24) is 24.4 Å². The summed E-state index contributed by atoms with van der Waals surface area (Å²) in [5.41, 5.74) is 8.52. The Hall–Kier alpha value is -4.22. The molecule has 4 aromatic rings. The average Bonchev–Trinajstić information content (AvgIpc) is 2.81. The summed E-state index contributed by atoms with van der Waals surface area (Å²) in [7, 11) is 0. The highest BCUT2D eigenvalue weighted by Crippen LogP contribution is 2.33. The van der Waals surface area contributed by atoms with Crippen LogP contribution in [0.5, 0.6) is 11.5 Å². The minimum absolute atomic E-state index is 0.0601. The highest BCUT2D eigenvalue weighted by Gasteiger charge is 2.22. The molecule has 180 valence electrons. The molecule has 6 N–H and O–H groups in total. The third-order valence-corrected chi connectivity index (χ3v) is 6.17. The fraction of sp³-hybridized carbons (Fsp3) is 0.250. The molecule has 2 aromatic heterocycles. The molecule has 3 heterocycles. The van der Waals surface area contributed by atoms with Crippen LogP contribution >= 0.6 is 0 Å². The second-order valence-corrected chi connectivity index (χ2v) is 8.59. The van der Waals surface area contributed by atoms with Crippen molar-refractivity contribution in [3.63, 3.8) is 0 Å². The summed E-state index contributed by atoms with van der Waals surface area (Å²) in [5.74, 6) is -0.107. The maximum absolute atomic E-state index is 12.8. The van der Waals surface area contributed by atoms with Crippen LogP contribution in [0.3, 0.4) is 0 Å². The first-order chi connectivity index (χ1) is 16.9. The first-order valence-electron chi connectivity index (χ1n) is 11.2. The van der Waals surface area contributed by atoms with Crippen molar-refractivity contribution in [2.45, 2.75) is 19.4 Å². The smallest absolute Gasteiger partial charge is 0.356 e. The average molecular weight is 476 g/mol. The summed E-state index contributed by atoms with van der Waals surface area (Å²) in [6, 6.07) is 10.2. The van der Waals surface area contributed by atoms with E-state index < -0.39 is 5.69 Å². The van der Waals surface area contributed by atoms with Gasteiger partial charge < -0.3 is 26.4 Å². The number of phenols is 2. The third-order valence-electron chi connectivity index (χ3n) is 6.17. The Morgan fingerprint density at radius 1 is 1.17 bits per heavy atom. The molecular formula is C24H25N7O4. The zero-order valence-corrected chi connectivity index (χ0v) is 19.0. The zero-order valence-electron chi connectivity index (χ0n) is 19.0. The van der Waals surface area contributed by atoms with E-state index in [1.165, 1.54) is 30.0 Å². The van der Waals surface area contributed by atoms with Crippen molar-refractivity contribution >= 4 is 28.5 Å². The molecule has 0 spiro atoms. The number of nitrogen functional groups attached to an aromatic ring is 1. The summed E-state index contributed by atoms with van der Waals surface area (Å²) in [4.78, 5) is 27.6. The lowest BCUT2D eigenvalue weighted by Crippen LogP contribution is -2.34. The zero-order chi connectivity index (χ0) is 24.7. The lowest BCUT2D eigenvalue weighted by Gasteiger charge is -2.32. The number of nitrogens with zero attached hydrogens (tertiary/aromatic N) is 5. The number of para-hydroxylation sites is 1. The van der Waals surface area contributed by atoms with Gasteiger partial charge in [-0.3, -0.25) is 4.90 Å². The van der Waals surface area contributed by atoms with Gasteiger partial charge in [0.2, 0.25) is 5.95 Å². The van der Waals surface area contributed by atoms with E-state index in [2.05, 4.69) is 38.2 Å². The van der Waals surface area contributed by atoms with Gasteiger partial charge in [-0.25, -0.2) is 14.3 Å². The van der Waals surface area contributed by atoms with Gasteiger partial charge in [-0.1, -0.05) is 19.1 Å². The largest absolute Gasteiger partial charge is 0.506 e. The molecular weight excluding hydrogens is 450 g/mol. The molecule has 2 aromatic carbocycles. The van der Waals surface area contributed by atoms with E-state index in [1.807, 2.05) is 12.1 Å². The van der Waals surface area contributed by atoms with E-state index in [9.17, 15) is 20.1 Å². The number of hydrogen-bond acceptors (Lipinski definition) is 10. The van der Waals surface area contributed by atoms with Crippen LogP contribution in [0.4, 0.5) is 17.5 Å². The van der Waals surface area contributed by atoms with Gasteiger partial charge in [0.05, 0.1) is 12.0 Å². The van der Waals surface area contributed by atoms with Gasteiger partial charge in [0.15, 0.2) is 5.65 Å². The maximum atomic E-state index is 12.8. The fourth-order valence-corrected chi connectivity index (χ4v) is 4.56. The highest BCUT2D eigenvalue weighted by molar-refractivity contribution is 5.86. The normalized spacial score (nSPS) is 15.8. The van der Waals surface area contributed by atoms with E-state index in [4.69, 9.17) is 5.73 Å². The summed E-state index contributed by atoms with van der Waals surface area (Å²) >= 11 is 0. The van der Waals surface area contributed by atoms with E-state index in [-0.39, 0.29) is 46.6 Å². The molecule has 1 aliphatic heterocycles. The third kappa shape index (κ3) is 4.11. The Morgan fingerprint density at radius 2 is 1.94 bits per heavy atom. The number of aromatic nitrogens is 4. The first kappa shape index (κ1) is 22.6. The quantitative estimate of drug-likeness (QED) is 0.288. The van der Waals surface area contributed by atoms with E-state index in [0.29, 0.717) is 12.5 Å². The van der Waals surface area contributed by atoms with Crippen LogP contribution in [0, 0.1) is 0 Å². The van der Waals surface area contributed by atoms with Gasteiger partial charge in [0, 0.05) is 31.5 Å². The number of hydrogen-bond donors (Lipinski definition) is 5. The second-order valence-electron chi connectivity index (χ2n) is 8.59. The van der Waals surface area contributed by atoms with Crippen LogP contribution in [0.2, 0.25) is 0 Å². The standard InChI is InChI=1S/C24H25N7O4/c1-13-11-30(7-8-32)12-14-9-15(5-6-16(13)14)27-23-26-10-17-21(25)31(24(35)29-22(17)28-23)20-18(33)3-2-4-19(20)34/h2-6,9-10,13,32-34H,7-8,11-12,25H2,1H3,(H,27,28,29,35). The number of anilines is 3. The molecule has 11 heteroatoms. The SMILES string of the molecule is CC1CN(CCO)Cc2cc(Nc3ncc4c(N)n(-c5c(O)cccc5O)c(=O)nc4n3)ccc21. The molecule has 1 aliphatic rings. The van der Waals surface area contributed by atoms with Crippen LogP contribution in [-0.4, -0.2) is 59.4 Å². The molecule has 0 radical (unpaired) electrons. The number of benzene rings is 2.